The Balaban J connectivity index is 1.70. The van der Waals surface area contributed by atoms with E-state index < -0.39 is 21.7 Å². The molecular formula is C21H23FN4O3S. The quantitative estimate of drug-likeness (QED) is 0.575. The average Bonchev–Trinajstić information content (AvgIpc) is 3.16. The molecule has 0 aliphatic rings. The molecule has 158 valence electrons. The second-order valence-electron chi connectivity index (χ2n) is 7.08. The number of nitrogens with one attached hydrogen (secondary N) is 2. The van der Waals surface area contributed by atoms with Crippen molar-refractivity contribution in [2.45, 2.75) is 32.2 Å². The number of nitrogens with zero attached hydrogens (tertiary/aromatic N) is 2. The smallest absolute Gasteiger partial charge is 0.272 e. The van der Waals surface area contributed by atoms with Gasteiger partial charge in [-0.25, -0.2) is 22.2 Å². The summed E-state index contributed by atoms with van der Waals surface area (Å²) >= 11 is 0. The molecule has 0 radical (unpaired) electrons. The largest absolute Gasteiger partial charge is 0.347 e. The lowest BCUT2D eigenvalue weighted by atomic mass is 10.1. The van der Waals surface area contributed by atoms with Gasteiger partial charge in [-0.15, -0.1) is 0 Å². The first-order chi connectivity index (χ1) is 14.2. The first-order valence-corrected chi connectivity index (χ1v) is 11.1. The van der Waals surface area contributed by atoms with Gasteiger partial charge in [0.05, 0.1) is 5.75 Å². The van der Waals surface area contributed by atoms with Gasteiger partial charge in [-0.1, -0.05) is 36.4 Å². The Kier molecular flexibility index (Phi) is 6.63. The predicted molar refractivity (Wildman–Crippen MR) is 112 cm³/mol. The number of amides is 1. The molecule has 2 N–H and O–H groups in total. The number of carbonyl (C=O) groups is 1. The maximum atomic E-state index is 13.9. The van der Waals surface area contributed by atoms with Gasteiger partial charge < -0.3 is 5.32 Å². The minimum Gasteiger partial charge on any atom is -0.347 e. The summed E-state index contributed by atoms with van der Waals surface area (Å²) in [5, 5.41) is 6.86. The fourth-order valence-electron chi connectivity index (χ4n) is 2.96. The van der Waals surface area contributed by atoms with Gasteiger partial charge in [0.2, 0.25) is 10.0 Å². The fraction of sp³-hybridized carbons (Fsp3) is 0.238. The van der Waals surface area contributed by atoms with E-state index in [-0.39, 0.29) is 29.7 Å². The van der Waals surface area contributed by atoms with Crippen molar-refractivity contribution in [3.05, 3.63) is 83.4 Å². The molecule has 0 fully saturated rings. The molecule has 3 aromatic rings. The number of benzene rings is 2. The lowest BCUT2D eigenvalue weighted by Crippen LogP contribution is -2.32. The van der Waals surface area contributed by atoms with Crippen molar-refractivity contribution >= 4 is 15.9 Å². The van der Waals surface area contributed by atoms with Gasteiger partial charge in [-0.05, 0) is 43.2 Å². The maximum Gasteiger partial charge on any atom is 0.272 e. The molecule has 0 saturated carbocycles. The molecule has 1 aromatic heterocycles. The van der Waals surface area contributed by atoms with Crippen LogP contribution in [0.3, 0.4) is 0 Å². The zero-order valence-corrected chi connectivity index (χ0v) is 17.5. The highest BCUT2D eigenvalue weighted by Crippen LogP contribution is 2.14. The summed E-state index contributed by atoms with van der Waals surface area (Å²) in [5.41, 5.74) is 1.66. The van der Waals surface area contributed by atoms with Gasteiger partial charge in [0.15, 0.2) is 5.69 Å². The average molecular weight is 431 g/mol. The number of hydrogen-bond acceptors (Lipinski definition) is 4. The highest BCUT2D eigenvalue weighted by atomic mass is 32.2. The molecule has 0 spiro atoms. The molecule has 1 amide bonds. The topological polar surface area (TPSA) is 93.1 Å². The second-order valence-corrected chi connectivity index (χ2v) is 8.83. The monoisotopic (exact) mass is 430 g/mol. The van der Waals surface area contributed by atoms with E-state index in [1.807, 2.05) is 0 Å². The molecular weight excluding hydrogens is 407 g/mol. The molecule has 0 bridgehead atoms. The third-order valence-corrected chi connectivity index (χ3v) is 5.76. The standard InChI is InChI=1S/C21H23FN4O3S/c1-15(2)25-30(28,29)14-17-8-4-3-7-16(17)13-23-21(27)19-11-12-26(24-19)20-10-6-5-9-18(20)22/h3-12,15,25H,13-14H2,1-2H3,(H,23,27). The zero-order valence-electron chi connectivity index (χ0n) is 16.7. The Bertz CT molecular complexity index is 1140. The van der Waals surface area contributed by atoms with Crippen LogP contribution >= 0.6 is 0 Å². The van der Waals surface area contributed by atoms with Gasteiger partial charge in [0.25, 0.3) is 5.91 Å². The first kappa shape index (κ1) is 21.7. The predicted octanol–water partition coefficient (Wildman–Crippen LogP) is 2.77. The summed E-state index contributed by atoms with van der Waals surface area (Å²) in [5.74, 6) is -1.07. The van der Waals surface area contributed by atoms with E-state index in [1.54, 1.807) is 56.3 Å². The van der Waals surface area contributed by atoms with Crippen LogP contribution in [-0.4, -0.2) is 30.1 Å². The summed E-state index contributed by atoms with van der Waals surface area (Å²) in [4.78, 5) is 12.5. The summed E-state index contributed by atoms with van der Waals surface area (Å²) in [7, 11) is -3.49. The number of halogens is 1. The van der Waals surface area contributed by atoms with Crippen LogP contribution < -0.4 is 10.0 Å². The van der Waals surface area contributed by atoms with Crippen LogP contribution in [0.5, 0.6) is 0 Å². The van der Waals surface area contributed by atoms with E-state index in [9.17, 15) is 17.6 Å². The lowest BCUT2D eigenvalue weighted by Gasteiger charge is -2.13. The second kappa shape index (κ2) is 9.19. The van der Waals surface area contributed by atoms with Gasteiger partial charge >= 0.3 is 0 Å². The Morgan fingerprint density at radius 1 is 1.07 bits per heavy atom. The van der Waals surface area contributed by atoms with Crippen molar-refractivity contribution in [2.24, 2.45) is 0 Å². The molecule has 9 heteroatoms. The minimum atomic E-state index is -3.49. The van der Waals surface area contributed by atoms with E-state index in [2.05, 4.69) is 15.1 Å². The van der Waals surface area contributed by atoms with Crippen LogP contribution in [0.15, 0.2) is 60.8 Å². The molecule has 7 nitrogen and oxygen atoms in total. The molecule has 0 saturated heterocycles. The van der Waals surface area contributed by atoms with Crippen molar-refractivity contribution < 1.29 is 17.6 Å². The van der Waals surface area contributed by atoms with E-state index in [0.717, 1.165) is 0 Å². The summed E-state index contributed by atoms with van der Waals surface area (Å²) in [6.45, 7) is 3.65. The molecule has 0 aliphatic carbocycles. The van der Waals surface area contributed by atoms with Crippen LogP contribution in [0, 0.1) is 5.82 Å². The molecule has 1 heterocycles. The number of para-hydroxylation sites is 1. The van der Waals surface area contributed by atoms with Gasteiger partial charge in [0, 0.05) is 18.8 Å². The first-order valence-electron chi connectivity index (χ1n) is 9.41. The Morgan fingerprint density at radius 3 is 2.43 bits per heavy atom. The molecule has 2 aromatic carbocycles. The van der Waals surface area contributed by atoms with Crippen molar-refractivity contribution in [1.29, 1.82) is 0 Å². The highest BCUT2D eigenvalue weighted by molar-refractivity contribution is 7.88. The van der Waals surface area contributed by atoms with E-state index in [4.69, 9.17) is 0 Å². The normalized spacial score (nSPS) is 11.6. The van der Waals surface area contributed by atoms with Crippen LogP contribution in [0.1, 0.15) is 35.5 Å². The van der Waals surface area contributed by atoms with Gasteiger partial charge in [-0.3, -0.25) is 4.79 Å². The van der Waals surface area contributed by atoms with Crippen LogP contribution in [0.4, 0.5) is 4.39 Å². The number of sulfonamides is 1. The van der Waals surface area contributed by atoms with Crippen molar-refractivity contribution in [3.63, 3.8) is 0 Å². The van der Waals surface area contributed by atoms with Crippen LogP contribution in [0.25, 0.3) is 5.69 Å². The van der Waals surface area contributed by atoms with E-state index in [1.165, 1.54) is 23.0 Å². The Labute approximate surface area is 175 Å². The van der Waals surface area contributed by atoms with E-state index >= 15 is 0 Å². The van der Waals surface area contributed by atoms with Gasteiger partial charge in [0.1, 0.15) is 11.5 Å². The highest BCUT2D eigenvalue weighted by Gasteiger charge is 2.16. The lowest BCUT2D eigenvalue weighted by molar-refractivity contribution is 0.0945. The summed E-state index contributed by atoms with van der Waals surface area (Å²) in [6, 6.07) is 14.4. The summed E-state index contributed by atoms with van der Waals surface area (Å²) in [6.07, 6.45) is 1.51. The van der Waals surface area contributed by atoms with Crippen molar-refractivity contribution in [3.8, 4) is 5.69 Å². The molecule has 0 atom stereocenters. The summed E-state index contributed by atoms with van der Waals surface area (Å²) < 4.78 is 42.2. The van der Waals surface area contributed by atoms with Crippen molar-refractivity contribution in [2.75, 3.05) is 0 Å². The number of carbonyl (C=O) groups excluding carboxylic acids is 1. The third-order valence-electron chi connectivity index (χ3n) is 4.24. The number of hydrogen-bond donors (Lipinski definition) is 2. The molecule has 0 aliphatic heterocycles. The molecule has 3 rings (SSSR count). The SMILES string of the molecule is CC(C)NS(=O)(=O)Cc1ccccc1CNC(=O)c1ccn(-c2ccccc2F)n1. The van der Waals surface area contributed by atoms with Crippen molar-refractivity contribution in [1.82, 2.24) is 19.8 Å². The van der Waals surface area contributed by atoms with Crippen LogP contribution in [0.2, 0.25) is 0 Å². The minimum absolute atomic E-state index is 0.129. The third kappa shape index (κ3) is 5.52. The number of rotatable bonds is 8. The maximum absolute atomic E-state index is 13.9. The Morgan fingerprint density at radius 2 is 1.73 bits per heavy atom. The van der Waals surface area contributed by atoms with E-state index in [0.29, 0.717) is 11.1 Å². The van der Waals surface area contributed by atoms with Gasteiger partial charge in [-0.2, -0.15) is 5.10 Å². The Hall–Kier alpha value is -3.04. The van der Waals surface area contributed by atoms with Crippen LogP contribution in [-0.2, 0) is 22.3 Å². The molecule has 0 unspecified atom stereocenters. The number of aromatic nitrogens is 2. The fourth-order valence-corrected chi connectivity index (χ4v) is 4.45. The molecule has 30 heavy (non-hydrogen) atoms. The zero-order chi connectivity index (χ0) is 21.7.